The van der Waals surface area contributed by atoms with Crippen LogP contribution in [0.4, 0.5) is 17.6 Å². The van der Waals surface area contributed by atoms with E-state index < -0.39 is 23.6 Å². The maximum atomic E-state index is 13.2. The molecule has 0 aliphatic carbocycles. The van der Waals surface area contributed by atoms with Crippen LogP contribution < -0.4 is 5.32 Å². The van der Waals surface area contributed by atoms with Crippen LogP contribution in [0.15, 0.2) is 18.2 Å². The number of halogens is 4. The molecule has 1 fully saturated rings. The Labute approximate surface area is 107 Å². The molecule has 7 heteroatoms. The fraction of sp³-hybridized carbons (Fsp3) is 0.417. The summed E-state index contributed by atoms with van der Waals surface area (Å²) >= 11 is 0. The Morgan fingerprint density at radius 2 is 2.11 bits per heavy atom. The van der Waals surface area contributed by atoms with Gasteiger partial charge in [0.05, 0.1) is 11.6 Å². The number of carbonyl (C=O) groups excluding carboxylic acids is 1. The number of hydrogen-bond donors (Lipinski definition) is 1. The van der Waals surface area contributed by atoms with Crippen molar-refractivity contribution in [2.45, 2.75) is 12.2 Å². The van der Waals surface area contributed by atoms with Crippen LogP contribution in [0.2, 0.25) is 0 Å². The molecule has 0 radical (unpaired) electrons. The zero-order valence-corrected chi connectivity index (χ0v) is 9.88. The Balaban J connectivity index is 2.47. The highest BCUT2D eigenvalue weighted by molar-refractivity contribution is 5.50. The van der Waals surface area contributed by atoms with Gasteiger partial charge in [-0.15, -0.1) is 0 Å². The van der Waals surface area contributed by atoms with Crippen molar-refractivity contribution in [3.05, 3.63) is 35.1 Å². The number of alkyl halides is 3. The molecule has 3 nitrogen and oxygen atoms in total. The summed E-state index contributed by atoms with van der Waals surface area (Å²) in [6.45, 7) is 0.971. The largest absolute Gasteiger partial charge is 0.416 e. The smallest absolute Gasteiger partial charge is 0.336 e. The summed E-state index contributed by atoms with van der Waals surface area (Å²) in [4.78, 5) is 12.2. The van der Waals surface area contributed by atoms with Crippen molar-refractivity contribution in [3.63, 3.8) is 0 Å². The molecule has 1 amide bonds. The van der Waals surface area contributed by atoms with Crippen molar-refractivity contribution >= 4 is 6.41 Å². The summed E-state index contributed by atoms with van der Waals surface area (Å²) in [6, 6.07) is 1.52. The topological polar surface area (TPSA) is 32.3 Å². The molecule has 1 aromatic rings. The van der Waals surface area contributed by atoms with E-state index in [1.807, 2.05) is 0 Å². The van der Waals surface area contributed by atoms with Gasteiger partial charge < -0.3 is 10.2 Å². The minimum atomic E-state index is -4.57. The van der Waals surface area contributed by atoms with Crippen molar-refractivity contribution in [2.75, 3.05) is 19.6 Å². The lowest BCUT2D eigenvalue weighted by atomic mass is 9.97. The third-order valence-corrected chi connectivity index (χ3v) is 3.10. The predicted molar refractivity (Wildman–Crippen MR) is 59.8 cm³/mol. The molecule has 2 rings (SSSR count). The van der Waals surface area contributed by atoms with Crippen LogP contribution in [0.1, 0.15) is 17.2 Å². The van der Waals surface area contributed by atoms with Gasteiger partial charge in [-0.3, -0.25) is 4.79 Å². The van der Waals surface area contributed by atoms with E-state index in [1.165, 1.54) is 4.90 Å². The van der Waals surface area contributed by atoms with Crippen LogP contribution in [0, 0.1) is 5.82 Å². The van der Waals surface area contributed by atoms with Crippen molar-refractivity contribution in [1.82, 2.24) is 10.2 Å². The van der Waals surface area contributed by atoms with Gasteiger partial charge in [0, 0.05) is 19.6 Å². The van der Waals surface area contributed by atoms with Gasteiger partial charge in [-0.1, -0.05) is 0 Å². The molecule has 1 N–H and O–H groups in total. The molecule has 1 atom stereocenters. The molecule has 0 spiro atoms. The molecule has 0 saturated carbocycles. The molecule has 1 aliphatic heterocycles. The van der Waals surface area contributed by atoms with Crippen molar-refractivity contribution in [1.29, 1.82) is 0 Å². The number of nitrogens with one attached hydrogen (secondary N) is 1. The summed E-state index contributed by atoms with van der Waals surface area (Å²) in [5, 5.41) is 2.91. The van der Waals surface area contributed by atoms with E-state index in [9.17, 15) is 22.4 Å². The minimum absolute atomic E-state index is 0.172. The Morgan fingerprint density at radius 1 is 1.37 bits per heavy atom. The maximum absolute atomic E-state index is 13.2. The Bertz CT molecular complexity index is 475. The first-order valence-corrected chi connectivity index (χ1v) is 5.72. The van der Waals surface area contributed by atoms with E-state index in [2.05, 4.69) is 5.32 Å². The van der Waals surface area contributed by atoms with Gasteiger partial charge in [0.15, 0.2) is 0 Å². The highest BCUT2D eigenvalue weighted by atomic mass is 19.4. The molecular weight excluding hydrogens is 264 g/mol. The van der Waals surface area contributed by atoms with Crippen molar-refractivity contribution in [3.8, 4) is 0 Å². The van der Waals surface area contributed by atoms with Crippen molar-refractivity contribution < 1.29 is 22.4 Å². The van der Waals surface area contributed by atoms with Crippen LogP contribution in [-0.2, 0) is 11.0 Å². The number of piperazine rings is 1. The quantitative estimate of drug-likeness (QED) is 0.661. The van der Waals surface area contributed by atoms with Gasteiger partial charge in [-0.25, -0.2) is 4.39 Å². The standard InChI is InChI=1S/C12H12F4N2O/c13-8-1-2-10(12(14,15)16)9(5-8)11-6-17-3-4-18(11)7-19/h1-2,5,7,11,17H,3-4,6H2. The molecule has 1 saturated heterocycles. The van der Waals surface area contributed by atoms with E-state index in [-0.39, 0.29) is 12.1 Å². The summed E-state index contributed by atoms with van der Waals surface area (Å²) < 4.78 is 52.0. The number of carbonyl (C=O) groups is 1. The lowest BCUT2D eigenvalue weighted by Gasteiger charge is -2.34. The molecule has 0 bridgehead atoms. The van der Waals surface area contributed by atoms with Crippen LogP contribution in [0.5, 0.6) is 0 Å². The van der Waals surface area contributed by atoms with Crippen LogP contribution in [0.25, 0.3) is 0 Å². The van der Waals surface area contributed by atoms with E-state index >= 15 is 0 Å². The lowest BCUT2D eigenvalue weighted by molar-refractivity contribution is -0.139. The SMILES string of the molecule is O=CN1CCNCC1c1cc(F)ccc1C(F)(F)F. The molecular formula is C12H12F4N2O. The fourth-order valence-electron chi connectivity index (χ4n) is 2.20. The van der Waals surface area contributed by atoms with Gasteiger partial charge in [0.1, 0.15) is 5.82 Å². The van der Waals surface area contributed by atoms with Gasteiger partial charge in [-0.2, -0.15) is 13.2 Å². The molecule has 0 aromatic heterocycles. The zero-order chi connectivity index (χ0) is 14.0. The van der Waals surface area contributed by atoms with E-state index in [1.54, 1.807) is 0 Å². The highest BCUT2D eigenvalue weighted by Crippen LogP contribution is 2.36. The van der Waals surface area contributed by atoms with E-state index in [0.29, 0.717) is 25.6 Å². The molecule has 1 aliphatic rings. The monoisotopic (exact) mass is 276 g/mol. The third kappa shape index (κ3) is 2.86. The second kappa shape index (κ2) is 5.16. The molecule has 1 aromatic carbocycles. The zero-order valence-electron chi connectivity index (χ0n) is 9.88. The van der Waals surface area contributed by atoms with Crippen LogP contribution in [-0.4, -0.2) is 30.9 Å². The first kappa shape index (κ1) is 13.8. The van der Waals surface area contributed by atoms with Crippen molar-refractivity contribution in [2.24, 2.45) is 0 Å². The van der Waals surface area contributed by atoms with Gasteiger partial charge >= 0.3 is 6.18 Å². The highest BCUT2D eigenvalue weighted by Gasteiger charge is 2.37. The number of benzene rings is 1. The molecule has 104 valence electrons. The number of amides is 1. The average molecular weight is 276 g/mol. The number of nitrogens with zero attached hydrogens (tertiary/aromatic N) is 1. The Morgan fingerprint density at radius 3 is 2.74 bits per heavy atom. The van der Waals surface area contributed by atoms with Gasteiger partial charge in [0.25, 0.3) is 0 Å². The number of hydrogen-bond acceptors (Lipinski definition) is 2. The fourth-order valence-corrected chi connectivity index (χ4v) is 2.20. The average Bonchev–Trinajstić information content (AvgIpc) is 2.37. The normalized spacial score (nSPS) is 20.4. The Kier molecular flexibility index (Phi) is 3.75. The van der Waals surface area contributed by atoms with Crippen LogP contribution in [0.3, 0.4) is 0 Å². The molecule has 1 unspecified atom stereocenters. The molecule has 1 heterocycles. The minimum Gasteiger partial charge on any atom is -0.336 e. The second-order valence-corrected chi connectivity index (χ2v) is 4.29. The molecule has 19 heavy (non-hydrogen) atoms. The van der Waals surface area contributed by atoms with E-state index in [4.69, 9.17) is 0 Å². The number of rotatable bonds is 2. The first-order valence-electron chi connectivity index (χ1n) is 5.72. The summed E-state index contributed by atoms with van der Waals surface area (Å²) in [5.74, 6) is -0.751. The summed E-state index contributed by atoms with van der Waals surface area (Å²) in [7, 11) is 0. The Hall–Kier alpha value is -1.63. The third-order valence-electron chi connectivity index (χ3n) is 3.10. The maximum Gasteiger partial charge on any atom is 0.416 e. The summed E-state index contributed by atoms with van der Waals surface area (Å²) in [6.07, 6.45) is -4.08. The second-order valence-electron chi connectivity index (χ2n) is 4.29. The summed E-state index contributed by atoms with van der Waals surface area (Å²) in [5.41, 5.74) is -1.12. The van der Waals surface area contributed by atoms with Crippen LogP contribution >= 0.6 is 0 Å². The predicted octanol–water partition coefficient (Wildman–Crippen LogP) is 1.95. The first-order chi connectivity index (χ1) is 8.93. The lowest BCUT2D eigenvalue weighted by Crippen LogP contribution is -2.45. The van der Waals surface area contributed by atoms with E-state index in [0.717, 1.165) is 12.1 Å². The van der Waals surface area contributed by atoms with Gasteiger partial charge in [-0.05, 0) is 23.8 Å². The van der Waals surface area contributed by atoms with Gasteiger partial charge in [0.2, 0.25) is 6.41 Å².